The number of nitrogens with zero attached hydrogens (tertiary/aromatic N) is 1. The van der Waals surface area contributed by atoms with Gasteiger partial charge in [0.05, 0.1) is 23.6 Å². The zero-order valence-electron chi connectivity index (χ0n) is 11.0. The van der Waals surface area contributed by atoms with E-state index in [1.54, 1.807) is 11.3 Å². The van der Waals surface area contributed by atoms with E-state index in [9.17, 15) is 9.90 Å². The third-order valence-electron chi connectivity index (χ3n) is 3.58. The zero-order valence-corrected chi connectivity index (χ0v) is 11.8. The van der Waals surface area contributed by atoms with Crippen LogP contribution in [0.15, 0.2) is 28.2 Å². The van der Waals surface area contributed by atoms with Crippen molar-refractivity contribution in [3.63, 3.8) is 0 Å². The number of hydrogen-bond donors (Lipinski definition) is 2. The third-order valence-corrected chi connectivity index (χ3v) is 4.44. The summed E-state index contributed by atoms with van der Waals surface area (Å²) >= 11 is 1.55. The summed E-state index contributed by atoms with van der Waals surface area (Å²) in [5.74, 6) is 0.465. The van der Waals surface area contributed by atoms with Crippen LogP contribution < -0.4 is 5.32 Å². The molecule has 0 radical (unpaired) electrons. The van der Waals surface area contributed by atoms with Crippen molar-refractivity contribution in [2.45, 2.75) is 19.3 Å². The first-order valence-electron chi connectivity index (χ1n) is 6.57. The molecule has 1 fully saturated rings. The fourth-order valence-electron chi connectivity index (χ4n) is 1.98. The van der Waals surface area contributed by atoms with Gasteiger partial charge in [0.2, 0.25) is 11.8 Å². The Morgan fingerprint density at radius 1 is 1.55 bits per heavy atom. The van der Waals surface area contributed by atoms with Crippen molar-refractivity contribution in [2.75, 3.05) is 13.2 Å². The normalized spacial score (nSPS) is 16.1. The minimum atomic E-state index is -0.0873. The average Bonchev–Trinajstić information content (AvgIpc) is 2.86. The Balaban J connectivity index is 1.54. The Labute approximate surface area is 120 Å². The molecule has 106 valence electrons. The molecule has 1 saturated carbocycles. The molecule has 2 aromatic rings. The van der Waals surface area contributed by atoms with Gasteiger partial charge < -0.3 is 14.8 Å². The number of oxazole rings is 1. The maximum absolute atomic E-state index is 11.8. The van der Waals surface area contributed by atoms with Gasteiger partial charge in [0, 0.05) is 12.0 Å². The van der Waals surface area contributed by atoms with Crippen LogP contribution in [0.25, 0.3) is 10.8 Å². The van der Waals surface area contributed by atoms with Gasteiger partial charge in [0.1, 0.15) is 6.26 Å². The molecule has 3 rings (SSSR count). The molecule has 1 aliphatic carbocycles. The number of aromatic nitrogens is 1. The van der Waals surface area contributed by atoms with Crippen molar-refractivity contribution < 1.29 is 14.3 Å². The molecule has 5 nitrogen and oxygen atoms in total. The Morgan fingerprint density at radius 2 is 2.40 bits per heavy atom. The molecule has 0 saturated heterocycles. The molecule has 20 heavy (non-hydrogen) atoms. The van der Waals surface area contributed by atoms with Gasteiger partial charge in [-0.3, -0.25) is 4.79 Å². The second kappa shape index (κ2) is 5.38. The Morgan fingerprint density at radius 3 is 3.05 bits per heavy atom. The van der Waals surface area contributed by atoms with Crippen LogP contribution in [0.3, 0.4) is 0 Å². The van der Waals surface area contributed by atoms with E-state index in [1.807, 2.05) is 17.5 Å². The van der Waals surface area contributed by atoms with Gasteiger partial charge in [-0.1, -0.05) is 6.07 Å². The summed E-state index contributed by atoms with van der Waals surface area (Å²) in [6, 6.07) is 3.86. The number of aliphatic hydroxyl groups is 1. The molecule has 0 bridgehead atoms. The van der Waals surface area contributed by atoms with Crippen molar-refractivity contribution in [1.29, 1.82) is 0 Å². The van der Waals surface area contributed by atoms with Crippen molar-refractivity contribution >= 4 is 17.2 Å². The highest BCUT2D eigenvalue weighted by Crippen LogP contribution is 2.44. The molecule has 2 N–H and O–H groups in total. The van der Waals surface area contributed by atoms with E-state index >= 15 is 0 Å². The van der Waals surface area contributed by atoms with E-state index in [1.165, 1.54) is 6.26 Å². The predicted molar refractivity (Wildman–Crippen MR) is 75.3 cm³/mol. The lowest BCUT2D eigenvalue weighted by atomic mass is 10.1. The van der Waals surface area contributed by atoms with Crippen LogP contribution in [-0.2, 0) is 11.2 Å². The van der Waals surface area contributed by atoms with Crippen LogP contribution >= 0.6 is 11.3 Å². The lowest BCUT2D eigenvalue weighted by Gasteiger charge is -2.11. The summed E-state index contributed by atoms with van der Waals surface area (Å²) < 4.78 is 5.37. The molecular formula is C14H16N2O3S. The molecule has 2 aromatic heterocycles. The smallest absolute Gasteiger partial charge is 0.236 e. The standard InChI is InChI=1S/C14H16N2O3S/c17-9-14(3-4-14)8-15-12(18)6-10-7-19-13(16-10)11-2-1-5-20-11/h1-2,5,7,17H,3-4,6,8-9H2,(H,15,18). The van der Waals surface area contributed by atoms with Gasteiger partial charge in [-0.15, -0.1) is 11.3 Å². The summed E-state index contributed by atoms with van der Waals surface area (Å²) in [7, 11) is 0. The van der Waals surface area contributed by atoms with E-state index in [2.05, 4.69) is 10.3 Å². The molecule has 2 heterocycles. The van der Waals surface area contributed by atoms with Gasteiger partial charge in [0.25, 0.3) is 0 Å². The minimum Gasteiger partial charge on any atom is -0.444 e. The second-order valence-electron chi connectivity index (χ2n) is 5.23. The largest absolute Gasteiger partial charge is 0.444 e. The third kappa shape index (κ3) is 2.91. The highest BCUT2D eigenvalue weighted by atomic mass is 32.1. The number of aliphatic hydroxyl groups excluding tert-OH is 1. The molecule has 0 atom stereocenters. The lowest BCUT2D eigenvalue weighted by molar-refractivity contribution is -0.120. The first-order valence-corrected chi connectivity index (χ1v) is 7.45. The van der Waals surface area contributed by atoms with Crippen LogP contribution in [0.5, 0.6) is 0 Å². The van der Waals surface area contributed by atoms with E-state index in [4.69, 9.17) is 4.42 Å². The number of carbonyl (C=O) groups excluding carboxylic acids is 1. The first kappa shape index (κ1) is 13.3. The summed E-state index contributed by atoms with van der Waals surface area (Å²) in [6.45, 7) is 0.678. The fourth-order valence-corrected chi connectivity index (χ4v) is 2.64. The summed E-state index contributed by atoms with van der Waals surface area (Å²) in [5.41, 5.74) is 0.557. The van der Waals surface area contributed by atoms with Crippen molar-refractivity contribution in [3.05, 3.63) is 29.5 Å². The number of amides is 1. The Bertz CT molecular complexity index is 587. The number of thiophene rings is 1. The van der Waals surface area contributed by atoms with Crippen molar-refractivity contribution in [3.8, 4) is 10.8 Å². The van der Waals surface area contributed by atoms with Gasteiger partial charge >= 0.3 is 0 Å². The molecule has 6 heteroatoms. The zero-order chi connectivity index (χ0) is 14.0. The number of hydrogen-bond acceptors (Lipinski definition) is 5. The Kier molecular flexibility index (Phi) is 3.58. The van der Waals surface area contributed by atoms with E-state index in [0.29, 0.717) is 18.1 Å². The molecule has 0 unspecified atom stereocenters. The number of rotatable bonds is 6. The molecule has 1 amide bonds. The van der Waals surface area contributed by atoms with Crippen LogP contribution in [-0.4, -0.2) is 29.1 Å². The topological polar surface area (TPSA) is 75.4 Å². The Hall–Kier alpha value is -1.66. The number of carbonyl (C=O) groups is 1. The van der Waals surface area contributed by atoms with Crippen LogP contribution in [0.4, 0.5) is 0 Å². The molecule has 0 aromatic carbocycles. The quantitative estimate of drug-likeness (QED) is 0.852. The lowest BCUT2D eigenvalue weighted by Crippen LogP contribution is -2.32. The predicted octanol–water partition coefficient (Wildman–Crippen LogP) is 1.83. The second-order valence-corrected chi connectivity index (χ2v) is 6.18. The van der Waals surface area contributed by atoms with E-state index in [0.717, 1.165) is 17.7 Å². The van der Waals surface area contributed by atoms with Gasteiger partial charge in [-0.2, -0.15) is 0 Å². The maximum Gasteiger partial charge on any atom is 0.236 e. The first-order chi connectivity index (χ1) is 9.71. The molecule has 1 aliphatic rings. The summed E-state index contributed by atoms with van der Waals surface area (Å²) in [4.78, 5) is 17.1. The monoisotopic (exact) mass is 292 g/mol. The minimum absolute atomic E-state index is 0.0678. The number of nitrogens with one attached hydrogen (secondary N) is 1. The average molecular weight is 292 g/mol. The molecule has 0 spiro atoms. The molecular weight excluding hydrogens is 276 g/mol. The van der Waals surface area contributed by atoms with Crippen LogP contribution in [0, 0.1) is 5.41 Å². The maximum atomic E-state index is 11.8. The highest BCUT2D eigenvalue weighted by Gasteiger charge is 2.42. The van der Waals surface area contributed by atoms with E-state index in [-0.39, 0.29) is 24.3 Å². The fraction of sp³-hybridized carbons (Fsp3) is 0.429. The van der Waals surface area contributed by atoms with Gasteiger partial charge in [0.15, 0.2) is 0 Å². The van der Waals surface area contributed by atoms with Crippen LogP contribution in [0.1, 0.15) is 18.5 Å². The van der Waals surface area contributed by atoms with Gasteiger partial charge in [-0.05, 0) is 24.3 Å². The van der Waals surface area contributed by atoms with Crippen LogP contribution in [0.2, 0.25) is 0 Å². The van der Waals surface area contributed by atoms with E-state index < -0.39 is 0 Å². The summed E-state index contributed by atoms with van der Waals surface area (Å²) in [6.07, 6.45) is 3.69. The molecule has 0 aliphatic heterocycles. The SMILES string of the molecule is O=C(Cc1coc(-c2cccs2)n1)NCC1(CO)CC1. The van der Waals surface area contributed by atoms with Gasteiger partial charge in [-0.25, -0.2) is 4.98 Å². The van der Waals surface area contributed by atoms with Crippen molar-refractivity contribution in [2.24, 2.45) is 5.41 Å². The highest BCUT2D eigenvalue weighted by molar-refractivity contribution is 7.13. The van der Waals surface area contributed by atoms with Crippen molar-refractivity contribution in [1.82, 2.24) is 10.3 Å². The summed E-state index contributed by atoms with van der Waals surface area (Å²) in [5, 5.41) is 14.0.